The molecule has 2 rings (SSSR count). The molecule has 0 saturated heterocycles. The highest BCUT2D eigenvalue weighted by Gasteiger charge is 2.38. The highest BCUT2D eigenvalue weighted by atomic mass is 79.9. The van der Waals surface area contributed by atoms with Crippen LogP contribution in [0.1, 0.15) is 12.8 Å². The zero-order valence-corrected chi connectivity index (χ0v) is 14.2. The Balaban J connectivity index is 2.39. The van der Waals surface area contributed by atoms with Gasteiger partial charge in [0.1, 0.15) is 4.90 Å². The number of hydrogen-bond acceptors (Lipinski definition) is 2. The summed E-state index contributed by atoms with van der Waals surface area (Å²) in [6, 6.07) is 4.98. The summed E-state index contributed by atoms with van der Waals surface area (Å²) in [6.07, 6.45) is 1.86. The summed E-state index contributed by atoms with van der Waals surface area (Å²) < 4.78 is 27.4. The van der Waals surface area contributed by atoms with E-state index in [0.29, 0.717) is 11.9 Å². The van der Waals surface area contributed by atoms with Gasteiger partial charge in [0.15, 0.2) is 0 Å². The molecule has 1 aromatic rings. The van der Waals surface area contributed by atoms with Gasteiger partial charge in [0.25, 0.3) is 0 Å². The summed E-state index contributed by atoms with van der Waals surface area (Å²) in [5, 5.41) is 0.876. The molecule has 0 radical (unpaired) electrons. The minimum absolute atomic E-state index is 0.132. The molecular weight excluding hydrogens is 405 g/mol. The van der Waals surface area contributed by atoms with Gasteiger partial charge in [-0.25, -0.2) is 8.42 Å². The van der Waals surface area contributed by atoms with Crippen molar-refractivity contribution in [3.8, 4) is 0 Å². The van der Waals surface area contributed by atoms with Crippen molar-refractivity contribution in [2.24, 2.45) is 0 Å². The number of benzene rings is 1. The van der Waals surface area contributed by atoms with Gasteiger partial charge in [-0.2, -0.15) is 4.31 Å². The maximum Gasteiger partial charge on any atom is 0.244 e. The molecule has 18 heavy (non-hydrogen) atoms. The number of sulfonamides is 1. The molecule has 1 aliphatic rings. The summed E-state index contributed by atoms with van der Waals surface area (Å²) in [6.45, 7) is 0.472. The quantitative estimate of drug-likeness (QED) is 0.686. The fraction of sp³-hybridized carbons (Fsp3) is 0.455. The maximum absolute atomic E-state index is 12.5. The van der Waals surface area contributed by atoms with Crippen LogP contribution in [0.3, 0.4) is 0 Å². The summed E-state index contributed by atoms with van der Waals surface area (Å²) in [5.74, 6) is 0. The Hall–Kier alpha value is 0.380. The molecule has 7 heteroatoms. The van der Waals surface area contributed by atoms with Crippen molar-refractivity contribution in [3.05, 3.63) is 27.7 Å². The van der Waals surface area contributed by atoms with Crippen molar-refractivity contribution in [2.75, 3.05) is 11.9 Å². The van der Waals surface area contributed by atoms with E-state index in [9.17, 15) is 8.42 Å². The summed E-state index contributed by atoms with van der Waals surface area (Å²) in [4.78, 5) is 0.181. The Kier molecular flexibility index (Phi) is 4.75. The summed E-state index contributed by atoms with van der Waals surface area (Å²) in [7, 11) is -3.50. The Morgan fingerprint density at radius 2 is 2.06 bits per heavy atom. The minimum atomic E-state index is -3.50. The van der Waals surface area contributed by atoms with Gasteiger partial charge in [0, 0.05) is 22.4 Å². The second kappa shape index (κ2) is 5.79. The SMILES string of the molecule is O=S(=O)(c1ccc(Br)cc1Cl)N(CCBr)C1CC1. The molecule has 0 heterocycles. The standard InChI is InChI=1S/C11H12Br2ClNO2S/c12-5-6-15(9-2-3-9)18(16,17)11-4-1-8(13)7-10(11)14/h1,4,7,9H,2-3,5-6H2. The second-order valence-corrected chi connectivity index (χ2v) is 8.09. The van der Waals surface area contributed by atoms with Crippen molar-refractivity contribution < 1.29 is 8.42 Å². The van der Waals surface area contributed by atoms with Gasteiger partial charge in [0.05, 0.1) is 5.02 Å². The average molecular weight is 418 g/mol. The lowest BCUT2D eigenvalue weighted by atomic mass is 10.4. The second-order valence-electron chi connectivity index (χ2n) is 4.11. The van der Waals surface area contributed by atoms with E-state index in [2.05, 4.69) is 31.9 Å². The highest BCUT2D eigenvalue weighted by molar-refractivity contribution is 9.10. The van der Waals surface area contributed by atoms with Crippen LogP contribution in [0, 0.1) is 0 Å². The van der Waals surface area contributed by atoms with Gasteiger partial charge < -0.3 is 0 Å². The molecule has 100 valence electrons. The first-order valence-electron chi connectivity index (χ1n) is 5.49. The van der Waals surface area contributed by atoms with Crippen molar-refractivity contribution >= 4 is 53.5 Å². The van der Waals surface area contributed by atoms with Crippen LogP contribution in [-0.4, -0.2) is 30.6 Å². The van der Waals surface area contributed by atoms with Crippen LogP contribution in [0.15, 0.2) is 27.6 Å². The predicted octanol–water partition coefficient (Wildman–Crippen LogP) is 3.65. The fourth-order valence-corrected chi connectivity index (χ4v) is 5.07. The van der Waals surface area contributed by atoms with E-state index >= 15 is 0 Å². The summed E-state index contributed by atoms with van der Waals surface area (Å²) in [5.41, 5.74) is 0. The molecule has 0 aromatic heterocycles. The fourth-order valence-electron chi connectivity index (χ4n) is 1.76. The predicted molar refractivity (Wildman–Crippen MR) is 79.9 cm³/mol. The third kappa shape index (κ3) is 3.10. The normalized spacial score (nSPS) is 16.2. The molecule has 0 atom stereocenters. The monoisotopic (exact) mass is 415 g/mol. The van der Waals surface area contributed by atoms with Crippen LogP contribution < -0.4 is 0 Å². The average Bonchev–Trinajstić information content (AvgIpc) is 3.08. The number of rotatable bonds is 5. The lowest BCUT2D eigenvalue weighted by Gasteiger charge is -2.21. The van der Waals surface area contributed by atoms with Crippen molar-refractivity contribution in [2.45, 2.75) is 23.8 Å². The van der Waals surface area contributed by atoms with Crippen LogP contribution >= 0.6 is 43.5 Å². The molecule has 0 unspecified atom stereocenters. The van der Waals surface area contributed by atoms with Gasteiger partial charge >= 0.3 is 0 Å². The number of hydrogen-bond donors (Lipinski definition) is 0. The van der Waals surface area contributed by atoms with E-state index < -0.39 is 10.0 Å². The van der Waals surface area contributed by atoms with E-state index in [4.69, 9.17) is 11.6 Å². The first kappa shape index (κ1) is 14.8. The van der Waals surface area contributed by atoms with Gasteiger partial charge in [0.2, 0.25) is 10.0 Å². The van der Waals surface area contributed by atoms with Crippen LogP contribution in [0.5, 0.6) is 0 Å². The Bertz CT molecular complexity index is 546. The topological polar surface area (TPSA) is 37.4 Å². The van der Waals surface area contributed by atoms with Gasteiger partial charge in [-0.1, -0.05) is 43.5 Å². The first-order chi connectivity index (χ1) is 8.46. The third-order valence-corrected chi connectivity index (χ3v) is 6.02. The molecule has 0 spiro atoms. The van der Waals surface area contributed by atoms with Crippen LogP contribution in [0.25, 0.3) is 0 Å². The molecule has 1 fully saturated rings. The third-order valence-electron chi connectivity index (χ3n) is 2.74. The van der Waals surface area contributed by atoms with Gasteiger partial charge in [-0.15, -0.1) is 0 Å². The molecule has 3 nitrogen and oxygen atoms in total. The van der Waals surface area contributed by atoms with E-state index in [1.54, 1.807) is 18.2 Å². The lowest BCUT2D eigenvalue weighted by molar-refractivity contribution is 0.424. The van der Waals surface area contributed by atoms with Crippen LogP contribution in [0.2, 0.25) is 5.02 Å². The highest BCUT2D eigenvalue weighted by Crippen LogP contribution is 2.34. The van der Waals surface area contributed by atoms with E-state index in [1.165, 1.54) is 4.31 Å². The Morgan fingerprint density at radius 3 is 2.56 bits per heavy atom. The lowest BCUT2D eigenvalue weighted by Crippen LogP contribution is -2.34. The molecule has 1 aromatic carbocycles. The van der Waals surface area contributed by atoms with E-state index in [0.717, 1.165) is 17.3 Å². The number of alkyl halides is 1. The Labute approximate surface area is 129 Å². The Morgan fingerprint density at radius 1 is 1.39 bits per heavy atom. The van der Waals surface area contributed by atoms with Gasteiger partial charge in [-0.3, -0.25) is 0 Å². The summed E-state index contributed by atoms with van der Waals surface area (Å²) >= 11 is 12.6. The minimum Gasteiger partial charge on any atom is -0.207 e. The van der Waals surface area contributed by atoms with Gasteiger partial charge in [-0.05, 0) is 31.0 Å². The van der Waals surface area contributed by atoms with Crippen LogP contribution in [-0.2, 0) is 10.0 Å². The van der Waals surface area contributed by atoms with E-state index in [1.807, 2.05) is 0 Å². The van der Waals surface area contributed by atoms with E-state index in [-0.39, 0.29) is 16.0 Å². The van der Waals surface area contributed by atoms with Crippen molar-refractivity contribution in [3.63, 3.8) is 0 Å². The molecule has 0 aliphatic heterocycles. The zero-order valence-electron chi connectivity index (χ0n) is 9.44. The molecule has 0 amide bonds. The molecule has 1 saturated carbocycles. The molecular formula is C11H12Br2ClNO2S. The molecule has 1 aliphatic carbocycles. The zero-order chi connectivity index (χ0) is 13.3. The largest absolute Gasteiger partial charge is 0.244 e. The smallest absolute Gasteiger partial charge is 0.207 e. The number of halogens is 3. The first-order valence-corrected chi connectivity index (χ1v) is 9.23. The van der Waals surface area contributed by atoms with Crippen molar-refractivity contribution in [1.82, 2.24) is 4.31 Å². The molecule has 0 bridgehead atoms. The maximum atomic E-state index is 12.5. The number of nitrogens with zero attached hydrogens (tertiary/aromatic N) is 1. The van der Waals surface area contributed by atoms with Crippen LogP contribution in [0.4, 0.5) is 0 Å². The van der Waals surface area contributed by atoms with Crippen molar-refractivity contribution in [1.29, 1.82) is 0 Å². The molecule has 0 N–H and O–H groups in total.